The first-order chi connectivity index (χ1) is 13.1. The van der Waals surface area contributed by atoms with Crippen molar-refractivity contribution in [3.63, 3.8) is 0 Å². The number of carbonyl (C=O) groups excluding carboxylic acids is 1. The molecule has 144 valence electrons. The van der Waals surface area contributed by atoms with Crippen molar-refractivity contribution in [2.24, 2.45) is 0 Å². The van der Waals surface area contributed by atoms with Crippen molar-refractivity contribution in [1.29, 1.82) is 0 Å². The van der Waals surface area contributed by atoms with Gasteiger partial charge in [0.25, 0.3) is 0 Å². The molecule has 0 bridgehead atoms. The molecule has 0 aliphatic carbocycles. The van der Waals surface area contributed by atoms with Crippen LogP contribution in [0.5, 0.6) is 5.75 Å². The number of ether oxygens (including phenoxy) is 1. The second kappa shape index (κ2) is 9.62. The number of amides is 1. The average Bonchev–Trinajstić information content (AvgIpc) is 3.07. The Hall–Kier alpha value is -2.25. The Morgan fingerprint density at radius 2 is 2.11 bits per heavy atom. The lowest BCUT2D eigenvalue weighted by molar-refractivity contribution is -0.111. The molecule has 1 aromatic carbocycles. The summed E-state index contributed by atoms with van der Waals surface area (Å²) < 4.78 is 5.67. The monoisotopic (exact) mass is 386 g/mol. The van der Waals surface area contributed by atoms with E-state index in [4.69, 9.17) is 4.74 Å². The molecule has 1 fully saturated rings. The molecule has 1 saturated heterocycles. The molecule has 1 aliphatic heterocycles. The van der Waals surface area contributed by atoms with Crippen LogP contribution in [0.15, 0.2) is 30.3 Å². The van der Waals surface area contributed by atoms with Gasteiger partial charge in [-0.2, -0.15) is 0 Å². The minimum atomic E-state index is -0.217. The number of benzene rings is 1. The fourth-order valence-corrected chi connectivity index (χ4v) is 3.74. The van der Waals surface area contributed by atoms with E-state index in [0.29, 0.717) is 5.13 Å². The zero-order chi connectivity index (χ0) is 19.1. The lowest BCUT2D eigenvalue weighted by Crippen LogP contribution is -2.28. The molecule has 0 atom stereocenters. The lowest BCUT2D eigenvalue weighted by Gasteiger charge is -2.24. The van der Waals surface area contributed by atoms with Crippen LogP contribution in [0.4, 0.5) is 5.13 Å². The number of anilines is 1. The van der Waals surface area contributed by atoms with Gasteiger partial charge in [0.2, 0.25) is 11.0 Å². The molecule has 27 heavy (non-hydrogen) atoms. The van der Waals surface area contributed by atoms with E-state index in [2.05, 4.69) is 20.4 Å². The first-order valence-electron chi connectivity index (χ1n) is 9.39. The van der Waals surface area contributed by atoms with E-state index >= 15 is 0 Å². The average molecular weight is 387 g/mol. The molecular formula is C20H26N4O2S. The van der Waals surface area contributed by atoms with Gasteiger partial charge in [-0.15, -0.1) is 10.2 Å². The number of rotatable bonds is 7. The number of hydrogen-bond acceptors (Lipinski definition) is 6. The van der Waals surface area contributed by atoms with Gasteiger partial charge in [0.05, 0.1) is 12.6 Å². The van der Waals surface area contributed by atoms with E-state index in [0.717, 1.165) is 36.0 Å². The van der Waals surface area contributed by atoms with E-state index < -0.39 is 0 Å². The molecule has 2 heterocycles. The summed E-state index contributed by atoms with van der Waals surface area (Å²) in [5, 5.41) is 12.5. The normalized spacial score (nSPS) is 15.4. The van der Waals surface area contributed by atoms with Crippen LogP contribution >= 0.6 is 11.3 Å². The van der Waals surface area contributed by atoms with Crippen molar-refractivity contribution >= 4 is 28.5 Å². The summed E-state index contributed by atoms with van der Waals surface area (Å²) in [6.07, 6.45) is 7.18. The molecule has 7 heteroatoms. The van der Waals surface area contributed by atoms with Crippen molar-refractivity contribution in [1.82, 2.24) is 15.1 Å². The maximum absolute atomic E-state index is 12.1. The van der Waals surface area contributed by atoms with Crippen molar-refractivity contribution < 1.29 is 9.53 Å². The van der Waals surface area contributed by atoms with E-state index in [1.165, 1.54) is 36.7 Å². The third-order valence-corrected chi connectivity index (χ3v) is 4.99. The maximum Gasteiger partial charge on any atom is 0.250 e. The number of nitrogens with zero attached hydrogens (tertiary/aromatic N) is 3. The summed E-state index contributed by atoms with van der Waals surface area (Å²) in [6, 6.07) is 7.65. The standard InChI is InChI=1S/C20H26N4O2S/c1-15(2)26-17-8-6-7-16(13-17)9-10-18(25)21-20-23-22-19(27-20)14-24-11-4-3-5-12-24/h6-10,13,15H,3-5,11-12,14H2,1-2H3,(H,21,23,25)/b10-9+. The molecule has 2 aromatic rings. The summed E-state index contributed by atoms with van der Waals surface area (Å²) in [6.45, 7) is 7.01. The summed E-state index contributed by atoms with van der Waals surface area (Å²) in [5.74, 6) is 0.574. The van der Waals surface area contributed by atoms with E-state index in [1.807, 2.05) is 38.1 Å². The van der Waals surface area contributed by atoms with Gasteiger partial charge in [-0.05, 0) is 63.6 Å². The van der Waals surface area contributed by atoms with Crippen molar-refractivity contribution in [2.45, 2.75) is 45.8 Å². The van der Waals surface area contributed by atoms with Gasteiger partial charge in [0.1, 0.15) is 10.8 Å². The summed E-state index contributed by atoms with van der Waals surface area (Å²) in [5.41, 5.74) is 0.909. The van der Waals surface area contributed by atoms with Gasteiger partial charge in [-0.3, -0.25) is 15.0 Å². The fraction of sp³-hybridized carbons (Fsp3) is 0.450. The van der Waals surface area contributed by atoms with Gasteiger partial charge in [0.15, 0.2) is 0 Å². The molecule has 0 saturated carbocycles. The van der Waals surface area contributed by atoms with E-state index in [1.54, 1.807) is 6.08 Å². The van der Waals surface area contributed by atoms with Crippen LogP contribution in [0.2, 0.25) is 0 Å². The fourth-order valence-electron chi connectivity index (χ4n) is 2.96. The summed E-state index contributed by atoms with van der Waals surface area (Å²) >= 11 is 1.44. The van der Waals surface area contributed by atoms with Crippen LogP contribution in [0.1, 0.15) is 43.7 Å². The predicted octanol–water partition coefficient (Wildman–Crippen LogP) is 3.96. The smallest absolute Gasteiger partial charge is 0.250 e. The van der Waals surface area contributed by atoms with Gasteiger partial charge in [0, 0.05) is 6.08 Å². The molecule has 0 spiro atoms. The molecule has 3 rings (SSSR count). The maximum atomic E-state index is 12.1. The Balaban J connectivity index is 1.52. The molecule has 1 amide bonds. The molecule has 1 aromatic heterocycles. The second-order valence-corrected chi connectivity index (χ2v) is 7.96. The van der Waals surface area contributed by atoms with E-state index in [-0.39, 0.29) is 12.0 Å². The highest BCUT2D eigenvalue weighted by atomic mass is 32.1. The number of nitrogens with one attached hydrogen (secondary N) is 1. The van der Waals surface area contributed by atoms with Crippen LogP contribution in [0.3, 0.4) is 0 Å². The largest absolute Gasteiger partial charge is 0.491 e. The zero-order valence-corrected chi connectivity index (χ0v) is 16.7. The summed E-state index contributed by atoms with van der Waals surface area (Å²) in [7, 11) is 0. The van der Waals surface area contributed by atoms with Crippen LogP contribution in [-0.2, 0) is 11.3 Å². The minimum absolute atomic E-state index is 0.115. The molecule has 0 unspecified atom stereocenters. The van der Waals surface area contributed by atoms with E-state index in [9.17, 15) is 4.79 Å². The number of carbonyl (C=O) groups is 1. The van der Waals surface area contributed by atoms with Gasteiger partial charge in [-0.25, -0.2) is 0 Å². The first-order valence-corrected chi connectivity index (χ1v) is 10.2. The summed E-state index contributed by atoms with van der Waals surface area (Å²) in [4.78, 5) is 14.5. The quantitative estimate of drug-likeness (QED) is 0.730. The Morgan fingerprint density at radius 1 is 1.30 bits per heavy atom. The third-order valence-electron chi connectivity index (χ3n) is 4.16. The third kappa shape index (κ3) is 6.45. The van der Waals surface area contributed by atoms with Crippen molar-refractivity contribution in [3.05, 3.63) is 40.9 Å². The Morgan fingerprint density at radius 3 is 2.89 bits per heavy atom. The van der Waals surface area contributed by atoms with Gasteiger partial charge >= 0.3 is 0 Å². The van der Waals surface area contributed by atoms with Crippen LogP contribution in [0, 0.1) is 0 Å². The predicted molar refractivity (Wildman–Crippen MR) is 109 cm³/mol. The van der Waals surface area contributed by atoms with Crippen molar-refractivity contribution in [2.75, 3.05) is 18.4 Å². The van der Waals surface area contributed by atoms with Crippen molar-refractivity contribution in [3.8, 4) is 5.75 Å². The molecule has 1 N–H and O–H groups in total. The Bertz CT molecular complexity index is 782. The van der Waals surface area contributed by atoms with Crippen LogP contribution < -0.4 is 10.1 Å². The highest BCUT2D eigenvalue weighted by Gasteiger charge is 2.13. The molecule has 1 aliphatic rings. The van der Waals surface area contributed by atoms with Crippen LogP contribution in [0.25, 0.3) is 6.08 Å². The second-order valence-electron chi connectivity index (χ2n) is 6.90. The first kappa shape index (κ1) is 19.5. The highest BCUT2D eigenvalue weighted by Crippen LogP contribution is 2.20. The number of piperidine rings is 1. The Labute approximate surface area is 164 Å². The number of hydrogen-bond donors (Lipinski definition) is 1. The van der Waals surface area contributed by atoms with Gasteiger partial charge < -0.3 is 4.74 Å². The topological polar surface area (TPSA) is 67.3 Å². The lowest BCUT2D eigenvalue weighted by atomic mass is 10.1. The molecular weight excluding hydrogens is 360 g/mol. The number of likely N-dealkylation sites (tertiary alicyclic amines) is 1. The number of aromatic nitrogens is 2. The Kier molecular flexibility index (Phi) is 6.95. The zero-order valence-electron chi connectivity index (χ0n) is 15.9. The molecule has 6 nitrogen and oxygen atoms in total. The van der Waals surface area contributed by atoms with Gasteiger partial charge in [-0.1, -0.05) is 29.9 Å². The van der Waals surface area contributed by atoms with Crippen LogP contribution in [-0.4, -0.2) is 40.2 Å². The highest BCUT2D eigenvalue weighted by molar-refractivity contribution is 7.15. The molecule has 0 radical (unpaired) electrons. The SMILES string of the molecule is CC(C)Oc1cccc(/C=C/C(=O)Nc2nnc(CN3CCCCC3)s2)c1. The minimum Gasteiger partial charge on any atom is -0.491 e.